The molecular weight excluding hydrogens is 236 g/mol. The molecule has 1 aromatic rings. The second kappa shape index (κ2) is 7.78. The first-order chi connectivity index (χ1) is 8.74. The van der Waals surface area contributed by atoms with Crippen LogP contribution in [0.1, 0.15) is 35.4 Å². The number of hydrogen-bond acceptors (Lipinski definition) is 6. The topological polar surface area (TPSA) is 103 Å². The van der Waals surface area contributed by atoms with Gasteiger partial charge in [-0.2, -0.15) is 0 Å². The standard InChI is InChI=1S/C11H20N4O3/c1-18-11(17)10-9(5-6-12)15(14-13-10)7-3-2-4-8-16/h16H,2-8,12H2,1H3. The zero-order valence-corrected chi connectivity index (χ0v) is 10.6. The number of esters is 1. The number of aryl methyl sites for hydroxylation is 1. The Morgan fingerprint density at radius 3 is 2.83 bits per heavy atom. The molecule has 0 bridgehead atoms. The summed E-state index contributed by atoms with van der Waals surface area (Å²) < 4.78 is 6.34. The van der Waals surface area contributed by atoms with Crippen molar-refractivity contribution in [2.75, 3.05) is 20.3 Å². The van der Waals surface area contributed by atoms with Gasteiger partial charge in [-0.3, -0.25) is 0 Å². The fourth-order valence-corrected chi connectivity index (χ4v) is 1.70. The third kappa shape index (κ3) is 3.78. The summed E-state index contributed by atoms with van der Waals surface area (Å²) in [6.07, 6.45) is 3.09. The van der Waals surface area contributed by atoms with Crippen LogP contribution in [0.4, 0.5) is 0 Å². The lowest BCUT2D eigenvalue weighted by Gasteiger charge is -2.06. The number of hydrogen-bond donors (Lipinski definition) is 2. The lowest BCUT2D eigenvalue weighted by Crippen LogP contribution is -2.14. The van der Waals surface area contributed by atoms with Crippen LogP contribution in [0.25, 0.3) is 0 Å². The molecule has 1 heterocycles. The minimum Gasteiger partial charge on any atom is -0.464 e. The molecular formula is C11H20N4O3. The number of carbonyl (C=O) groups is 1. The number of ether oxygens (including phenoxy) is 1. The number of aliphatic hydroxyl groups excluding tert-OH is 1. The van der Waals surface area contributed by atoms with Gasteiger partial charge >= 0.3 is 5.97 Å². The molecule has 0 saturated heterocycles. The first-order valence-electron chi connectivity index (χ1n) is 6.06. The van der Waals surface area contributed by atoms with Gasteiger partial charge in [0.1, 0.15) is 0 Å². The third-order valence-electron chi connectivity index (χ3n) is 2.63. The SMILES string of the molecule is COC(=O)c1nnn(CCCCCO)c1CCN. The zero-order valence-electron chi connectivity index (χ0n) is 10.6. The highest BCUT2D eigenvalue weighted by Gasteiger charge is 2.19. The first-order valence-corrected chi connectivity index (χ1v) is 6.06. The van der Waals surface area contributed by atoms with Gasteiger partial charge < -0.3 is 15.6 Å². The van der Waals surface area contributed by atoms with Crippen molar-refractivity contribution < 1.29 is 14.6 Å². The van der Waals surface area contributed by atoms with Crippen molar-refractivity contribution in [2.45, 2.75) is 32.2 Å². The second-order valence-corrected chi connectivity index (χ2v) is 3.92. The number of methoxy groups -OCH3 is 1. The summed E-state index contributed by atoms with van der Waals surface area (Å²) in [5.41, 5.74) is 6.48. The number of aliphatic hydroxyl groups is 1. The molecule has 18 heavy (non-hydrogen) atoms. The van der Waals surface area contributed by atoms with Crippen molar-refractivity contribution in [1.82, 2.24) is 15.0 Å². The van der Waals surface area contributed by atoms with E-state index in [9.17, 15) is 4.79 Å². The van der Waals surface area contributed by atoms with Gasteiger partial charge in [-0.05, 0) is 25.8 Å². The van der Waals surface area contributed by atoms with Gasteiger partial charge in [-0.15, -0.1) is 5.10 Å². The first kappa shape index (κ1) is 14.6. The van der Waals surface area contributed by atoms with E-state index in [1.54, 1.807) is 4.68 Å². The fourth-order valence-electron chi connectivity index (χ4n) is 1.70. The Hall–Kier alpha value is -1.47. The van der Waals surface area contributed by atoms with Gasteiger partial charge in [-0.1, -0.05) is 5.21 Å². The summed E-state index contributed by atoms with van der Waals surface area (Å²) >= 11 is 0. The minimum absolute atomic E-state index is 0.195. The average Bonchev–Trinajstić information content (AvgIpc) is 2.77. The van der Waals surface area contributed by atoms with E-state index in [-0.39, 0.29) is 12.3 Å². The molecule has 102 valence electrons. The summed E-state index contributed by atoms with van der Waals surface area (Å²) in [6.45, 7) is 1.29. The van der Waals surface area contributed by atoms with E-state index >= 15 is 0 Å². The number of nitrogens with two attached hydrogens (primary N) is 1. The van der Waals surface area contributed by atoms with Crippen molar-refractivity contribution in [3.63, 3.8) is 0 Å². The van der Waals surface area contributed by atoms with E-state index in [0.29, 0.717) is 25.2 Å². The molecule has 7 nitrogen and oxygen atoms in total. The van der Waals surface area contributed by atoms with Gasteiger partial charge in [-0.25, -0.2) is 9.48 Å². The highest BCUT2D eigenvalue weighted by molar-refractivity contribution is 5.88. The van der Waals surface area contributed by atoms with Gasteiger partial charge in [0.05, 0.1) is 12.8 Å². The molecule has 0 aliphatic heterocycles. The average molecular weight is 256 g/mol. The van der Waals surface area contributed by atoms with Crippen molar-refractivity contribution in [3.8, 4) is 0 Å². The highest BCUT2D eigenvalue weighted by Crippen LogP contribution is 2.09. The van der Waals surface area contributed by atoms with E-state index in [1.807, 2.05) is 0 Å². The van der Waals surface area contributed by atoms with Crippen LogP contribution in [-0.2, 0) is 17.7 Å². The maximum Gasteiger partial charge on any atom is 0.360 e. The maximum atomic E-state index is 11.5. The Morgan fingerprint density at radius 2 is 2.22 bits per heavy atom. The van der Waals surface area contributed by atoms with Crippen LogP contribution in [0.2, 0.25) is 0 Å². The lowest BCUT2D eigenvalue weighted by molar-refractivity contribution is 0.0592. The largest absolute Gasteiger partial charge is 0.464 e. The van der Waals surface area contributed by atoms with Gasteiger partial charge in [0.2, 0.25) is 0 Å². The van der Waals surface area contributed by atoms with Crippen molar-refractivity contribution in [3.05, 3.63) is 11.4 Å². The molecule has 1 aromatic heterocycles. The van der Waals surface area contributed by atoms with Gasteiger partial charge in [0.25, 0.3) is 0 Å². The van der Waals surface area contributed by atoms with E-state index < -0.39 is 5.97 Å². The molecule has 0 aromatic carbocycles. The molecule has 0 fully saturated rings. The van der Waals surface area contributed by atoms with Crippen LogP contribution >= 0.6 is 0 Å². The second-order valence-electron chi connectivity index (χ2n) is 3.92. The third-order valence-corrected chi connectivity index (χ3v) is 2.63. The van der Waals surface area contributed by atoms with Crippen LogP contribution in [0.15, 0.2) is 0 Å². The lowest BCUT2D eigenvalue weighted by atomic mass is 10.2. The number of nitrogens with zero attached hydrogens (tertiary/aromatic N) is 3. The molecule has 0 spiro atoms. The molecule has 0 saturated carbocycles. The Morgan fingerprint density at radius 1 is 1.44 bits per heavy atom. The molecule has 0 atom stereocenters. The molecule has 7 heteroatoms. The van der Waals surface area contributed by atoms with Crippen LogP contribution < -0.4 is 5.73 Å². The Labute approximate surface area is 106 Å². The number of carbonyl (C=O) groups excluding carboxylic acids is 1. The van der Waals surface area contributed by atoms with Gasteiger partial charge in [0, 0.05) is 19.6 Å². The molecule has 0 aliphatic rings. The normalized spacial score (nSPS) is 10.6. The smallest absolute Gasteiger partial charge is 0.360 e. The Kier molecular flexibility index (Phi) is 6.31. The number of unbranched alkanes of at least 4 members (excludes halogenated alkanes) is 2. The zero-order chi connectivity index (χ0) is 13.4. The number of aromatic nitrogens is 3. The van der Waals surface area contributed by atoms with E-state index in [0.717, 1.165) is 19.3 Å². The minimum atomic E-state index is -0.486. The predicted molar refractivity (Wildman–Crippen MR) is 65.1 cm³/mol. The Bertz CT molecular complexity index is 378. The Balaban J connectivity index is 2.71. The fraction of sp³-hybridized carbons (Fsp3) is 0.727. The molecule has 0 aliphatic carbocycles. The summed E-state index contributed by atoms with van der Waals surface area (Å²) in [4.78, 5) is 11.5. The summed E-state index contributed by atoms with van der Waals surface area (Å²) in [5.74, 6) is -0.486. The van der Waals surface area contributed by atoms with E-state index in [1.165, 1.54) is 7.11 Å². The van der Waals surface area contributed by atoms with Crippen LogP contribution in [-0.4, -0.2) is 46.3 Å². The van der Waals surface area contributed by atoms with Crippen LogP contribution in [0, 0.1) is 0 Å². The quantitative estimate of drug-likeness (QED) is 0.490. The van der Waals surface area contributed by atoms with E-state index in [2.05, 4.69) is 15.0 Å². The highest BCUT2D eigenvalue weighted by atomic mass is 16.5. The molecule has 0 amide bonds. The van der Waals surface area contributed by atoms with E-state index in [4.69, 9.17) is 10.8 Å². The molecule has 0 unspecified atom stereocenters. The molecule has 0 radical (unpaired) electrons. The summed E-state index contributed by atoms with van der Waals surface area (Å²) in [5, 5.41) is 16.5. The predicted octanol–water partition coefficient (Wildman–Crippen LogP) is -0.271. The number of rotatable bonds is 8. The van der Waals surface area contributed by atoms with Crippen LogP contribution in [0.5, 0.6) is 0 Å². The van der Waals surface area contributed by atoms with Crippen molar-refractivity contribution in [1.29, 1.82) is 0 Å². The summed E-state index contributed by atoms with van der Waals surface area (Å²) in [6, 6.07) is 0. The maximum absolute atomic E-state index is 11.5. The van der Waals surface area contributed by atoms with Crippen molar-refractivity contribution in [2.24, 2.45) is 5.73 Å². The van der Waals surface area contributed by atoms with Crippen LogP contribution in [0.3, 0.4) is 0 Å². The monoisotopic (exact) mass is 256 g/mol. The van der Waals surface area contributed by atoms with Gasteiger partial charge in [0.15, 0.2) is 5.69 Å². The van der Waals surface area contributed by atoms with Crippen molar-refractivity contribution >= 4 is 5.97 Å². The molecule has 3 N–H and O–H groups in total. The molecule has 1 rings (SSSR count). The summed E-state index contributed by atoms with van der Waals surface area (Å²) in [7, 11) is 1.31.